The van der Waals surface area contributed by atoms with Crippen LogP contribution in [-0.4, -0.2) is 36.3 Å². The maximum absolute atomic E-state index is 13.6. The Kier molecular flexibility index (Phi) is 4.80. The van der Waals surface area contributed by atoms with Crippen molar-refractivity contribution in [3.63, 3.8) is 0 Å². The van der Waals surface area contributed by atoms with Gasteiger partial charge in [0.1, 0.15) is 0 Å². The van der Waals surface area contributed by atoms with Gasteiger partial charge in [-0.3, -0.25) is 4.79 Å². The normalized spacial score (nSPS) is 18.7. The van der Waals surface area contributed by atoms with Crippen molar-refractivity contribution in [3.8, 4) is 5.75 Å². The second-order valence-corrected chi connectivity index (χ2v) is 5.53. The van der Waals surface area contributed by atoms with E-state index in [0.29, 0.717) is 11.5 Å². The number of rotatable bonds is 4. The molecule has 1 aliphatic heterocycles. The van der Waals surface area contributed by atoms with Crippen LogP contribution in [0.25, 0.3) is 0 Å². The summed E-state index contributed by atoms with van der Waals surface area (Å²) in [6, 6.07) is 4.36. The minimum Gasteiger partial charge on any atom is -0.494 e. The average Bonchev–Trinajstić information content (AvgIpc) is 2.87. The molecule has 1 aromatic carbocycles. The summed E-state index contributed by atoms with van der Waals surface area (Å²) in [6.07, 6.45) is 2.09. The molecule has 0 saturated carbocycles. The van der Waals surface area contributed by atoms with Gasteiger partial charge in [0.2, 0.25) is 0 Å². The van der Waals surface area contributed by atoms with Crippen LogP contribution in [0, 0.1) is 11.7 Å². The Hall–Kier alpha value is -1.10. The summed E-state index contributed by atoms with van der Waals surface area (Å²) >= 11 is 3.42. The first-order chi connectivity index (χ1) is 9.15. The van der Waals surface area contributed by atoms with Gasteiger partial charge in [-0.1, -0.05) is 15.9 Å². The number of amides is 1. The lowest BCUT2D eigenvalue weighted by Crippen LogP contribution is -2.28. The minimum atomic E-state index is -0.496. The third kappa shape index (κ3) is 3.26. The summed E-state index contributed by atoms with van der Waals surface area (Å²) in [5, 5.41) is 0.955. The van der Waals surface area contributed by atoms with Crippen LogP contribution in [0.5, 0.6) is 5.75 Å². The molecular formula is C14H17BrFNO2. The van der Waals surface area contributed by atoms with Crippen LogP contribution >= 0.6 is 15.9 Å². The summed E-state index contributed by atoms with van der Waals surface area (Å²) in [6.45, 7) is 1.52. The van der Waals surface area contributed by atoms with Gasteiger partial charge in [-0.25, -0.2) is 4.39 Å². The summed E-state index contributed by atoms with van der Waals surface area (Å²) in [4.78, 5) is 14.1. The van der Waals surface area contributed by atoms with Crippen molar-refractivity contribution in [2.24, 2.45) is 5.92 Å². The standard InChI is InChI=1S/C14H17BrFNO2/c1-19-13-3-2-11(8-12(13)16)14(18)17-7-5-10(9-17)4-6-15/h2-3,8,10H,4-7,9H2,1H3. The predicted molar refractivity (Wildman–Crippen MR) is 75.4 cm³/mol. The summed E-state index contributed by atoms with van der Waals surface area (Å²) in [7, 11) is 1.41. The van der Waals surface area contributed by atoms with Gasteiger partial charge in [0.05, 0.1) is 7.11 Å². The zero-order chi connectivity index (χ0) is 13.8. The topological polar surface area (TPSA) is 29.5 Å². The van der Waals surface area contributed by atoms with Crippen molar-refractivity contribution in [1.82, 2.24) is 4.90 Å². The van der Waals surface area contributed by atoms with E-state index >= 15 is 0 Å². The summed E-state index contributed by atoms with van der Waals surface area (Å²) < 4.78 is 18.4. The SMILES string of the molecule is COc1ccc(C(=O)N2CCC(CCBr)C2)cc1F. The number of ether oxygens (including phenoxy) is 1. The second kappa shape index (κ2) is 6.37. The summed E-state index contributed by atoms with van der Waals surface area (Å²) in [5.74, 6) is 0.115. The fourth-order valence-corrected chi connectivity index (χ4v) is 3.04. The van der Waals surface area contributed by atoms with Crippen molar-refractivity contribution >= 4 is 21.8 Å². The molecule has 0 N–H and O–H groups in total. The molecule has 1 heterocycles. The predicted octanol–water partition coefficient (Wildman–Crippen LogP) is 3.08. The van der Waals surface area contributed by atoms with Gasteiger partial charge in [0.25, 0.3) is 5.91 Å². The number of hydrogen-bond acceptors (Lipinski definition) is 2. The number of nitrogens with zero attached hydrogens (tertiary/aromatic N) is 1. The highest BCUT2D eigenvalue weighted by Crippen LogP contribution is 2.24. The Morgan fingerprint density at radius 3 is 3.00 bits per heavy atom. The van der Waals surface area contributed by atoms with Crippen molar-refractivity contribution in [3.05, 3.63) is 29.6 Å². The first-order valence-electron chi connectivity index (χ1n) is 6.34. The molecule has 0 bridgehead atoms. The molecule has 1 unspecified atom stereocenters. The molecule has 1 aromatic rings. The molecule has 1 aliphatic rings. The van der Waals surface area contributed by atoms with E-state index in [1.165, 1.54) is 19.2 Å². The third-order valence-electron chi connectivity index (χ3n) is 3.49. The molecule has 1 atom stereocenters. The Labute approximate surface area is 120 Å². The van der Waals surface area contributed by atoms with E-state index in [9.17, 15) is 9.18 Å². The fourth-order valence-electron chi connectivity index (χ4n) is 2.39. The van der Waals surface area contributed by atoms with E-state index in [0.717, 1.165) is 31.3 Å². The smallest absolute Gasteiger partial charge is 0.253 e. The molecule has 3 nitrogen and oxygen atoms in total. The Morgan fingerprint density at radius 1 is 1.58 bits per heavy atom. The van der Waals surface area contributed by atoms with Gasteiger partial charge in [-0.15, -0.1) is 0 Å². The highest BCUT2D eigenvalue weighted by molar-refractivity contribution is 9.09. The van der Waals surface area contributed by atoms with Gasteiger partial charge in [-0.2, -0.15) is 0 Å². The van der Waals surface area contributed by atoms with Gasteiger partial charge in [0, 0.05) is 24.0 Å². The quantitative estimate of drug-likeness (QED) is 0.794. The van der Waals surface area contributed by atoms with E-state index in [2.05, 4.69) is 15.9 Å². The molecule has 19 heavy (non-hydrogen) atoms. The number of alkyl halides is 1. The third-order valence-corrected chi connectivity index (χ3v) is 3.95. The highest BCUT2D eigenvalue weighted by atomic mass is 79.9. The number of hydrogen-bond donors (Lipinski definition) is 0. The van der Waals surface area contributed by atoms with Crippen LogP contribution in [0.2, 0.25) is 0 Å². The lowest BCUT2D eigenvalue weighted by Gasteiger charge is -2.16. The molecule has 0 spiro atoms. The van der Waals surface area contributed by atoms with Crippen LogP contribution in [-0.2, 0) is 0 Å². The van der Waals surface area contributed by atoms with Gasteiger partial charge < -0.3 is 9.64 Å². The number of likely N-dealkylation sites (tertiary alicyclic amines) is 1. The van der Waals surface area contributed by atoms with E-state index in [4.69, 9.17) is 4.74 Å². The lowest BCUT2D eigenvalue weighted by atomic mass is 10.1. The number of carbonyl (C=O) groups excluding carboxylic acids is 1. The lowest BCUT2D eigenvalue weighted by molar-refractivity contribution is 0.0786. The molecule has 104 valence electrons. The summed E-state index contributed by atoms with van der Waals surface area (Å²) in [5.41, 5.74) is 0.387. The molecule has 5 heteroatoms. The van der Waals surface area contributed by atoms with Gasteiger partial charge in [0.15, 0.2) is 11.6 Å². The minimum absolute atomic E-state index is 0.0985. The molecule has 0 radical (unpaired) electrons. The van der Waals surface area contributed by atoms with E-state index in [1.54, 1.807) is 11.0 Å². The van der Waals surface area contributed by atoms with Crippen LogP contribution in [0.1, 0.15) is 23.2 Å². The van der Waals surface area contributed by atoms with E-state index < -0.39 is 5.82 Å². The Balaban J connectivity index is 2.06. The average molecular weight is 330 g/mol. The molecular weight excluding hydrogens is 313 g/mol. The van der Waals surface area contributed by atoms with E-state index in [1.807, 2.05) is 0 Å². The molecule has 1 saturated heterocycles. The van der Waals surface area contributed by atoms with Crippen molar-refractivity contribution in [2.75, 3.05) is 25.5 Å². The molecule has 1 fully saturated rings. The van der Waals surface area contributed by atoms with Crippen LogP contribution in [0.3, 0.4) is 0 Å². The van der Waals surface area contributed by atoms with Crippen LogP contribution in [0.15, 0.2) is 18.2 Å². The maximum atomic E-state index is 13.6. The second-order valence-electron chi connectivity index (χ2n) is 4.73. The number of halogens is 2. The number of methoxy groups -OCH3 is 1. The molecule has 2 rings (SSSR count). The van der Waals surface area contributed by atoms with Gasteiger partial charge >= 0.3 is 0 Å². The zero-order valence-electron chi connectivity index (χ0n) is 10.9. The molecule has 0 aromatic heterocycles. The number of carbonyl (C=O) groups is 1. The van der Waals surface area contributed by atoms with Crippen molar-refractivity contribution < 1.29 is 13.9 Å². The van der Waals surface area contributed by atoms with Crippen LogP contribution in [0.4, 0.5) is 4.39 Å². The molecule has 1 amide bonds. The Morgan fingerprint density at radius 2 is 2.37 bits per heavy atom. The van der Waals surface area contributed by atoms with Crippen LogP contribution < -0.4 is 4.74 Å². The Bertz CT molecular complexity index is 467. The van der Waals surface area contributed by atoms with Gasteiger partial charge in [-0.05, 0) is 37.0 Å². The first kappa shape index (κ1) is 14.3. The highest BCUT2D eigenvalue weighted by Gasteiger charge is 2.26. The van der Waals surface area contributed by atoms with Crippen molar-refractivity contribution in [2.45, 2.75) is 12.8 Å². The zero-order valence-corrected chi connectivity index (χ0v) is 12.5. The largest absolute Gasteiger partial charge is 0.494 e. The monoisotopic (exact) mass is 329 g/mol. The number of benzene rings is 1. The first-order valence-corrected chi connectivity index (χ1v) is 7.46. The fraction of sp³-hybridized carbons (Fsp3) is 0.500. The molecule has 0 aliphatic carbocycles. The van der Waals surface area contributed by atoms with E-state index in [-0.39, 0.29) is 11.7 Å². The maximum Gasteiger partial charge on any atom is 0.253 e. The van der Waals surface area contributed by atoms with Crippen molar-refractivity contribution in [1.29, 1.82) is 0 Å².